The van der Waals surface area contributed by atoms with Crippen LogP contribution in [0.2, 0.25) is 5.02 Å². The Bertz CT molecular complexity index is 1820. The van der Waals surface area contributed by atoms with Gasteiger partial charge in [0.25, 0.3) is 11.8 Å². The predicted molar refractivity (Wildman–Crippen MR) is 160 cm³/mol. The standard InChI is InChI=1S/C30H26ClFN6O3S/c1-16-8-9-19(13-33-16)14-34-30(41)28-35-27(36-29(40)25-21-6-4-5-7-24(21)42-37-25)26(38(28)15-17(2)39)18(3)22-12-20(32)10-11-23(22)31/h4-13,18H,14-15H2,1-3H3,(H,34,41)(H,36,40)/t18-/m1/s1. The molecule has 2 aromatic carbocycles. The summed E-state index contributed by atoms with van der Waals surface area (Å²) in [6.07, 6.45) is 1.65. The monoisotopic (exact) mass is 604 g/mol. The number of rotatable bonds is 9. The highest BCUT2D eigenvalue weighted by Crippen LogP contribution is 2.36. The number of hydrogen-bond donors (Lipinski definition) is 2. The molecule has 0 saturated heterocycles. The Kier molecular flexibility index (Phi) is 8.41. The number of anilines is 1. The van der Waals surface area contributed by atoms with Crippen LogP contribution in [-0.4, -0.2) is 36.5 Å². The molecule has 0 radical (unpaired) electrons. The third-order valence-electron chi connectivity index (χ3n) is 6.68. The summed E-state index contributed by atoms with van der Waals surface area (Å²) in [5, 5.41) is 6.54. The molecule has 0 spiro atoms. The molecule has 2 N–H and O–H groups in total. The first-order valence-corrected chi connectivity index (χ1v) is 14.2. The third-order valence-corrected chi connectivity index (χ3v) is 7.85. The summed E-state index contributed by atoms with van der Waals surface area (Å²) in [6, 6.07) is 14.9. The summed E-state index contributed by atoms with van der Waals surface area (Å²) in [5.41, 5.74) is 2.51. The average molecular weight is 605 g/mol. The van der Waals surface area contributed by atoms with Crippen LogP contribution in [0.25, 0.3) is 10.1 Å². The van der Waals surface area contributed by atoms with Gasteiger partial charge < -0.3 is 15.2 Å². The number of ketones is 1. The summed E-state index contributed by atoms with van der Waals surface area (Å²) in [4.78, 5) is 48.2. The van der Waals surface area contributed by atoms with Gasteiger partial charge in [-0.15, -0.1) is 0 Å². The van der Waals surface area contributed by atoms with Gasteiger partial charge in [-0.2, -0.15) is 4.37 Å². The fourth-order valence-electron chi connectivity index (χ4n) is 4.63. The number of fused-ring (bicyclic) bond motifs is 1. The first-order chi connectivity index (χ1) is 20.1. The van der Waals surface area contributed by atoms with E-state index < -0.39 is 23.5 Å². The Labute approximate surface area is 249 Å². The summed E-state index contributed by atoms with van der Waals surface area (Å²) in [7, 11) is 0. The molecule has 214 valence electrons. The molecular weight excluding hydrogens is 579 g/mol. The summed E-state index contributed by atoms with van der Waals surface area (Å²) >= 11 is 7.64. The predicted octanol–water partition coefficient (Wildman–Crippen LogP) is 5.91. The smallest absolute Gasteiger partial charge is 0.287 e. The molecule has 0 aliphatic rings. The Hall–Kier alpha value is -4.48. The van der Waals surface area contributed by atoms with Gasteiger partial charge in [-0.25, -0.2) is 9.37 Å². The fourth-order valence-corrected chi connectivity index (χ4v) is 5.68. The van der Waals surface area contributed by atoms with Crippen molar-refractivity contribution in [3.63, 3.8) is 0 Å². The van der Waals surface area contributed by atoms with E-state index in [1.807, 2.05) is 31.2 Å². The average Bonchev–Trinajstić information content (AvgIpc) is 3.55. The van der Waals surface area contributed by atoms with Crippen molar-refractivity contribution < 1.29 is 18.8 Å². The van der Waals surface area contributed by atoms with Crippen LogP contribution in [0.4, 0.5) is 10.2 Å². The number of nitrogens with one attached hydrogen (secondary N) is 2. The highest BCUT2D eigenvalue weighted by atomic mass is 35.5. The molecule has 0 fully saturated rings. The van der Waals surface area contributed by atoms with Crippen molar-refractivity contribution >= 4 is 56.6 Å². The number of pyridine rings is 1. The van der Waals surface area contributed by atoms with Gasteiger partial charge in [0.15, 0.2) is 5.82 Å². The number of aryl methyl sites for hydroxylation is 1. The summed E-state index contributed by atoms with van der Waals surface area (Å²) < 4.78 is 20.9. The summed E-state index contributed by atoms with van der Waals surface area (Å²) in [6.45, 7) is 4.92. The molecule has 2 amide bonds. The van der Waals surface area contributed by atoms with Gasteiger partial charge in [-0.05, 0) is 66.8 Å². The van der Waals surface area contributed by atoms with Gasteiger partial charge in [0, 0.05) is 34.8 Å². The second-order valence-electron chi connectivity index (χ2n) is 9.82. The Morgan fingerprint density at radius 3 is 2.62 bits per heavy atom. The van der Waals surface area contributed by atoms with Crippen molar-refractivity contribution in [1.82, 2.24) is 24.2 Å². The number of amides is 2. The molecule has 5 aromatic rings. The van der Waals surface area contributed by atoms with Crippen molar-refractivity contribution in [3.8, 4) is 0 Å². The largest absolute Gasteiger partial charge is 0.345 e. The lowest BCUT2D eigenvalue weighted by Gasteiger charge is -2.19. The molecule has 0 unspecified atom stereocenters. The van der Waals surface area contributed by atoms with Crippen LogP contribution >= 0.6 is 23.1 Å². The van der Waals surface area contributed by atoms with Crippen molar-refractivity contribution in [1.29, 1.82) is 0 Å². The van der Waals surface area contributed by atoms with Crippen molar-refractivity contribution in [2.75, 3.05) is 5.32 Å². The van der Waals surface area contributed by atoms with Gasteiger partial charge in [-0.3, -0.25) is 19.4 Å². The van der Waals surface area contributed by atoms with Crippen LogP contribution in [0.3, 0.4) is 0 Å². The van der Waals surface area contributed by atoms with E-state index in [0.717, 1.165) is 16.0 Å². The number of nitrogens with zero attached hydrogens (tertiary/aromatic N) is 4. The van der Waals surface area contributed by atoms with E-state index >= 15 is 0 Å². The number of Topliss-reactive ketones (excluding diaryl/α,β-unsaturated/α-hetero) is 1. The second-order valence-corrected chi connectivity index (χ2v) is 11.0. The van der Waals surface area contributed by atoms with E-state index in [4.69, 9.17) is 11.6 Å². The molecule has 3 aromatic heterocycles. The Morgan fingerprint density at radius 2 is 1.88 bits per heavy atom. The minimum atomic E-state index is -0.676. The normalized spacial score (nSPS) is 11.8. The van der Waals surface area contributed by atoms with E-state index in [2.05, 4.69) is 25.0 Å². The van der Waals surface area contributed by atoms with Crippen LogP contribution in [0.5, 0.6) is 0 Å². The van der Waals surface area contributed by atoms with Gasteiger partial charge >= 0.3 is 0 Å². The minimum Gasteiger partial charge on any atom is -0.345 e. The lowest BCUT2D eigenvalue weighted by Crippen LogP contribution is -2.28. The van der Waals surface area contributed by atoms with Gasteiger partial charge in [-0.1, -0.05) is 42.8 Å². The number of aromatic nitrogens is 4. The zero-order chi connectivity index (χ0) is 30.0. The Morgan fingerprint density at radius 1 is 1.10 bits per heavy atom. The molecule has 0 aliphatic carbocycles. The maximum atomic E-state index is 14.3. The first kappa shape index (κ1) is 29.0. The lowest BCUT2D eigenvalue weighted by molar-refractivity contribution is -0.117. The van der Waals surface area contributed by atoms with Crippen molar-refractivity contribution in [2.24, 2.45) is 0 Å². The highest BCUT2D eigenvalue weighted by Gasteiger charge is 2.30. The number of hydrogen-bond acceptors (Lipinski definition) is 7. The summed E-state index contributed by atoms with van der Waals surface area (Å²) in [5.74, 6) is -2.63. The van der Waals surface area contributed by atoms with Crippen molar-refractivity contribution in [3.05, 3.63) is 106 Å². The molecule has 9 nitrogen and oxygen atoms in total. The fraction of sp³-hybridized carbons (Fsp3) is 0.200. The third kappa shape index (κ3) is 6.07. The number of imidazole rings is 1. The van der Waals surface area contributed by atoms with Crippen LogP contribution in [0.1, 0.15) is 63.4 Å². The molecule has 5 rings (SSSR count). The van der Waals surface area contributed by atoms with E-state index in [-0.39, 0.29) is 41.2 Å². The topological polar surface area (TPSA) is 119 Å². The second kappa shape index (κ2) is 12.2. The van der Waals surface area contributed by atoms with Crippen molar-refractivity contribution in [2.45, 2.75) is 39.8 Å². The SMILES string of the molecule is CC(=O)Cn1c(C(=O)NCc2ccc(C)nc2)nc(NC(=O)c2nsc3ccccc23)c1[C@H](C)c1cc(F)ccc1Cl. The Balaban J connectivity index is 1.59. The van der Waals surface area contributed by atoms with Crippen LogP contribution < -0.4 is 10.6 Å². The number of halogens is 2. The molecule has 3 heterocycles. The molecular formula is C30H26ClFN6O3S. The first-order valence-electron chi connectivity index (χ1n) is 13.0. The van der Waals surface area contributed by atoms with Crippen LogP contribution in [-0.2, 0) is 17.9 Å². The van der Waals surface area contributed by atoms with E-state index in [9.17, 15) is 18.8 Å². The quantitative estimate of drug-likeness (QED) is 0.216. The lowest BCUT2D eigenvalue weighted by atomic mass is 9.96. The number of benzene rings is 2. The maximum absolute atomic E-state index is 14.3. The van der Waals surface area contributed by atoms with E-state index in [1.165, 1.54) is 41.2 Å². The van der Waals surface area contributed by atoms with Gasteiger partial charge in [0.05, 0.1) is 16.9 Å². The molecule has 0 saturated carbocycles. The zero-order valence-corrected chi connectivity index (χ0v) is 24.5. The molecule has 12 heteroatoms. The van der Waals surface area contributed by atoms with Gasteiger partial charge in [0.1, 0.15) is 17.3 Å². The molecule has 42 heavy (non-hydrogen) atoms. The van der Waals surface area contributed by atoms with Crippen LogP contribution in [0.15, 0.2) is 60.8 Å². The highest BCUT2D eigenvalue weighted by molar-refractivity contribution is 7.13. The molecule has 0 aliphatic heterocycles. The van der Waals surface area contributed by atoms with E-state index in [0.29, 0.717) is 16.6 Å². The van der Waals surface area contributed by atoms with Gasteiger partial charge in [0.2, 0.25) is 5.82 Å². The number of carbonyl (C=O) groups is 3. The maximum Gasteiger partial charge on any atom is 0.287 e. The zero-order valence-electron chi connectivity index (χ0n) is 22.9. The molecule has 0 bridgehead atoms. The molecule has 1 atom stereocenters. The van der Waals surface area contributed by atoms with E-state index in [1.54, 1.807) is 25.3 Å². The minimum absolute atomic E-state index is 0.0355. The number of carbonyl (C=O) groups excluding carboxylic acids is 3. The van der Waals surface area contributed by atoms with Crippen LogP contribution in [0, 0.1) is 12.7 Å².